The molecule has 3 N–H and O–H groups in total. The van der Waals surface area contributed by atoms with Crippen LogP contribution >= 0.6 is 0 Å². The molecule has 0 bridgehead atoms. The maximum atomic E-state index is 12.0. The lowest BCUT2D eigenvalue weighted by Crippen LogP contribution is -2.39. The van der Waals surface area contributed by atoms with Crippen LogP contribution in [0.15, 0.2) is 30.3 Å². The molecule has 0 spiro atoms. The molecule has 0 aromatic heterocycles. The Kier molecular flexibility index (Phi) is 4.97. The van der Waals surface area contributed by atoms with Crippen molar-refractivity contribution < 1.29 is 4.79 Å². The van der Waals surface area contributed by atoms with Crippen LogP contribution in [0.1, 0.15) is 50.6 Å². The van der Waals surface area contributed by atoms with E-state index in [4.69, 9.17) is 5.73 Å². The van der Waals surface area contributed by atoms with Crippen molar-refractivity contribution in [2.24, 2.45) is 11.7 Å². The molecule has 0 aliphatic heterocycles. The summed E-state index contributed by atoms with van der Waals surface area (Å²) in [5.41, 5.74) is 7.09. The smallest absolute Gasteiger partial charge is 0.222 e. The molecule has 0 saturated heterocycles. The molecule has 3 atom stereocenters. The van der Waals surface area contributed by atoms with E-state index in [9.17, 15) is 4.79 Å². The molecular formula is C16H24N2O. The summed E-state index contributed by atoms with van der Waals surface area (Å²) in [6, 6.07) is 9.95. The third kappa shape index (κ3) is 4.35. The SMILES string of the molecule is CC1CCCC(NC(=O)CC(N)c2ccccc2)C1. The van der Waals surface area contributed by atoms with Gasteiger partial charge in [-0.2, -0.15) is 0 Å². The van der Waals surface area contributed by atoms with Gasteiger partial charge in [-0.05, 0) is 24.3 Å². The summed E-state index contributed by atoms with van der Waals surface area (Å²) in [5, 5.41) is 3.13. The predicted octanol–water partition coefficient (Wildman–Crippen LogP) is 2.77. The summed E-state index contributed by atoms with van der Waals surface area (Å²) in [6.45, 7) is 2.26. The van der Waals surface area contributed by atoms with Gasteiger partial charge in [-0.25, -0.2) is 0 Å². The number of amides is 1. The highest BCUT2D eigenvalue weighted by atomic mass is 16.1. The van der Waals surface area contributed by atoms with E-state index >= 15 is 0 Å². The van der Waals surface area contributed by atoms with Gasteiger partial charge in [-0.3, -0.25) is 4.79 Å². The van der Waals surface area contributed by atoms with Crippen LogP contribution in [0.3, 0.4) is 0 Å². The Morgan fingerprint density at radius 3 is 2.79 bits per heavy atom. The topological polar surface area (TPSA) is 55.1 Å². The lowest BCUT2D eigenvalue weighted by molar-refractivity contribution is -0.122. The fraction of sp³-hybridized carbons (Fsp3) is 0.562. The second-order valence-electron chi connectivity index (χ2n) is 5.76. The van der Waals surface area contributed by atoms with Crippen molar-refractivity contribution in [3.8, 4) is 0 Å². The maximum absolute atomic E-state index is 12.0. The van der Waals surface area contributed by atoms with Crippen LogP contribution in [0, 0.1) is 5.92 Å². The van der Waals surface area contributed by atoms with Gasteiger partial charge >= 0.3 is 0 Å². The van der Waals surface area contributed by atoms with Crippen molar-refractivity contribution in [2.45, 2.75) is 51.1 Å². The van der Waals surface area contributed by atoms with E-state index in [-0.39, 0.29) is 11.9 Å². The van der Waals surface area contributed by atoms with Gasteiger partial charge in [0.2, 0.25) is 5.91 Å². The van der Waals surface area contributed by atoms with E-state index < -0.39 is 0 Å². The first-order chi connectivity index (χ1) is 9.15. The van der Waals surface area contributed by atoms with Crippen molar-refractivity contribution >= 4 is 5.91 Å². The molecule has 0 heterocycles. The van der Waals surface area contributed by atoms with Gasteiger partial charge in [0, 0.05) is 18.5 Å². The molecule has 19 heavy (non-hydrogen) atoms. The summed E-state index contributed by atoms with van der Waals surface area (Å²) in [7, 11) is 0. The summed E-state index contributed by atoms with van der Waals surface area (Å²) in [4.78, 5) is 12.0. The minimum atomic E-state index is -0.206. The molecule has 1 saturated carbocycles. The van der Waals surface area contributed by atoms with Crippen LogP contribution in [-0.2, 0) is 4.79 Å². The van der Waals surface area contributed by atoms with Gasteiger partial charge in [0.1, 0.15) is 0 Å². The fourth-order valence-corrected chi connectivity index (χ4v) is 2.87. The standard InChI is InChI=1S/C16H24N2O/c1-12-6-5-9-14(10-12)18-16(19)11-15(17)13-7-3-2-4-8-13/h2-4,7-8,12,14-15H,5-6,9-11,17H2,1H3,(H,18,19). The Morgan fingerprint density at radius 1 is 1.37 bits per heavy atom. The molecule has 1 aromatic carbocycles. The molecule has 1 amide bonds. The van der Waals surface area contributed by atoms with E-state index in [1.54, 1.807) is 0 Å². The Balaban J connectivity index is 1.81. The number of benzene rings is 1. The molecule has 1 aliphatic rings. The van der Waals surface area contributed by atoms with Crippen LogP contribution in [-0.4, -0.2) is 11.9 Å². The summed E-state index contributed by atoms with van der Waals surface area (Å²) < 4.78 is 0. The number of hydrogen-bond acceptors (Lipinski definition) is 2. The Hall–Kier alpha value is -1.35. The Labute approximate surface area is 115 Å². The predicted molar refractivity (Wildman–Crippen MR) is 77.6 cm³/mol. The third-order valence-electron chi connectivity index (χ3n) is 3.93. The number of nitrogens with one attached hydrogen (secondary N) is 1. The van der Waals surface area contributed by atoms with Gasteiger partial charge in [0.05, 0.1) is 0 Å². The highest BCUT2D eigenvalue weighted by Gasteiger charge is 2.21. The zero-order valence-electron chi connectivity index (χ0n) is 11.6. The zero-order valence-corrected chi connectivity index (χ0v) is 11.6. The summed E-state index contributed by atoms with van der Waals surface area (Å²) in [6.07, 6.45) is 5.09. The largest absolute Gasteiger partial charge is 0.353 e. The Bertz CT molecular complexity index is 404. The first kappa shape index (κ1) is 14.1. The van der Waals surface area contributed by atoms with Crippen LogP contribution in [0.5, 0.6) is 0 Å². The van der Waals surface area contributed by atoms with Gasteiger partial charge < -0.3 is 11.1 Å². The first-order valence-corrected chi connectivity index (χ1v) is 7.25. The molecule has 3 heteroatoms. The van der Waals surface area contributed by atoms with E-state index in [2.05, 4.69) is 12.2 Å². The summed E-state index contributed by atoms with van der Waals surface area (Å²) >= 11 is 0. The first-order valence-electron chi connectivity index (χ1n) is 7.25. The average molecular weight is 260 g/mol. The molecule has 3 nitrogen and oxygen atoms in total. The number of carbonyl (C=O) groups excluding carboxylic acids is 1. The molecule has 1 aliphatic carbocycles. The zero-order chi connectivity index (χ0) is 13.7. The van der Waals surface area contributed by atoms with E-state index in [0.717, 1.165) is 24.3 Å². The second kappa shape index (κ2) is 6.71. The van der Waals surface area contributed by atoms with Crippen molar-refractivity contribution in [1.82, 2.24) is 5.32 Å². The second-order valence-corrected chi connectivity index (χ2v) is 5.76. The molecule has 2 rings (SSSR count). The van der Waals surface area contributed by atoms with Crippen molar-refractivity contribution in [1.29, 1.82) is 0 Å². The molecule has 1 fully saturated rings. The quantitative estimate of drug-likeness (QED) is 0.874. The number of rotatable bonds is 4. The average Bonchev–Trinajstić information content (AvgIpc) is 2.39. The van der Waals surface area contributed by atoms with Crippen LogP contribution in [0.4, 0.5) is 0 Å². The number of carbonyl (C=O) groups is 1. The van der Waals surface area contributed by atoms with Gasteiger partial charge in [0.25, 0.3) is 0 Å². The number of nitrogens with two attached hydrogens (primary N) is 1. The van der Waals surface area contributed by atoms with Crippen LogP contribution in [0.2, 0.25) is 0 Å². The van der Waals surface area contributed by atoms with Crippen molar-refractivity contribution in [3.63, 3.8) is 0 Å². The number of hydrogen-bond donors (Lipinski definition) is 2. The maximum Gasteiger partial charge on any atom is 0.222 e. The van der Waals surface area contributed by atoms with Gasteiger partial charge in [-0.1, -0.05) is 50.1 Å². The normalized spacial score (nSPS) is 24.7. The van der Waals surface area contributed by atoms with E-state index in [0.29, 0.717) is 12.5 Å². The van der Waals surface area contributed by atoms with Gasteiger partial charge in [0.15, 0.2) is 0 Å². The molecule has 104 valence electrons. The monoisotopic (exact) mass is 260 g/mol. The lowest BCUT2D eigenvalue weighted by atomic mass is 9.87. The molecular weight excluding hydrogens is 236 g/mol. The minimum Gasteiger partial charge on any atom is -0.353 e. The van der Waals surface area contributed by atoms with Crippen molar-refractivity contribution in [2.75, 3.05) is 0 Å². The van der Waals surface area contributed by atoms with Crippen LogP contribution < -0.4 is 11.1 Å². The van der Waals surface area contributed by atoms with E-state index in [1.807, 2.05) is 30.3 Å². The van der Waals surface area contributed by atoms with Crippen LogP contribution in [0.25, 0.3) is 0 Å². The molecule has 1 aromatic rings. The van der Waals surface area contributed by atoms with E-state index in [1.165, 1.54) is 12.8 Å². The third-order valence-corrected chi connectivity index (χ3v) is 3.93. The van der Waals surface area contributed by atoms with Gasteiger partial charge in [-0.15, -0.1) is 0 Å². The minimum absolute atomic E-state index is 0.0791. The van der Waals surface area contributed by atoms with Crippen molar-refractivity contribution in [3.05, 3.63) is 35.9 Å². The highest BCUT2D eigenvalue weighted by Crippen LogP contribution is 2.23. The molecule has 0 radical (unpaired) electrons. The highest BCUT2D eigenvalue weighted by molar-refractivity contribution is 5.77. The Morgan fingerprint density at radius 2 is 2.11 bits per heavy atom. The summed E-state index contributed by atoms with van der Waals surface area (Å²) in [5.74, 6) is 0.803. The fourth-order valence-electron chi connectivity index (χ4n) is 2.87. The molecule has 3 unspecified atom stereocenters. The lowest BCUT2D eigenvalue weighted by Gasteiger charge is -2.27.